The van der Waals surface area contributed by atoms with Gasteiger partial charge in [-0.2, -0.15) is 0 Å². The fourth-order valence-electron chi connectivity index (χ4n) is 10.6. The van der Waals surface area contributed by atoms with E-state index in [9.17, 15) is 14.7 Å². The quantitative estimate of drug-likeness (QED) is 0.0502. The fraction of sp³-hybridized carbons (Fsp3) is 0.400. The van der Waals surface area contributed by atoms with Crippen molar-refractivity contribution in [3.05, 3.63) is 129 Å². The maximum absolute atomic E-state index is 14.5. The first kappa shape index (κ1) is 41.7. The van der Waals surface area contributed by atoms with E-state index < -0.39 is 20.2 Å². The Morgan fingerprint density at radius 1 is 0.881 bits per heavy atom. The van der Waals surface area contributed by atoms with Crippen molar-refractivity contribution in [2.45, 2.75) is 89.3 Å². The average Bonchev–Trinajstić information content (AvgIpc) is 3.79. The van der Waals surface area contributed by atoms with E-state index in [1.165, 1.54) is 15.9 Å². The highest BCUT2D eigenvalue weighted by Gasteiger charge is 2.59. The van der Waals surface area contributed by atoms with E-state index in [4.69, 9.17) is 13.9 Å². The van der Waals surface area contributed by atoms with Crippen molar-refractivity contribution >= 4 is 64.7 Å². The predicted molar refractivity (Wildman–Crippen MR) is 245 cm³/mol. The number of carbonyl (C=O) groups is 2. The Morgan fingerprint density at radius 2 is 1.51 bits per heavy atom. The third kappa shape index (κ3) is 8.00. The molecule has 8 rings (SSSR count). The Labute approximate surface area is 364 Å². The number of halogens is 1. The summed E-state index contributed by atoms with van der Waals surface area (Å²) in [6.45, 7) is 7.67. The second-order valence-electron chi connectivity index (χ2n) is 17.7. The predicted octanol–water partition coefficient (Wildman–Crippen LogP) is 9.55. The van der Waals surface area contributed by atoms with E-state index in [0.717, 1.165) is 54.4 Å². The summed E-state index contributed by atoms with van der Waals surface area (Å²) in [5.74, 6) is -0.399. The van der Waals surface area contributed by atoms with Crippen LogP contribution >= 0.6 is 22.6 Å². The van der Waals surface area contributed by atoms with Crippen molar-refractivity contribution in [1.82, 2.24) is 4.90 Å². The van der Waals surface area contributed by atoms with Crippen molar-refractivity contribution in [2.24, 2.45) is 17.8 Å². The molecule has 4 atom stereocenters. The second kappa shape index (κ2) is 17.5. The van der Waals surface area contributed by atoms with Crippen LogP contribution in [0.25, 0.3) is 11.6 Å². The van der Waals surface area contributed by atoms with Gasteiger partial charge >= 0.3 is 0 Å². The third-order valence-corrected chi connectivity index (χ3v) is 19.1. The lowest BCUT2D eigenvalue weighted by atomic mass is 9.69. The number of amides is 2. The number of benzene rings is 4. The van der Waals surface area contributed by atoms with Gasteiger partial charge in [0.2, 0.25) is 11.8 Å². The standard InChI is InChI=1S/C50H56INO6Si/c1-50(2,3)59(38-21-13-7-14-22-38,39-23-15-8-16-24-39)58-31-36-30-40-46(49(55)52(48(40)54)37-19-11-6-12-20-37)41-32-57-43(45(36)41)26-25-35(34-17-9-5-10-18-34)27-33-28-42(51)47(53)44(29-33)56-4/h5,7-10,13-18,21-24,27-29,37,40-41,43,46,53H,6,11-12,19-20,25-26,30-32H2,1-4H3/b35-27-/t40-,41+,43-,46-/m1/s1. The minimum absolute atomic E-state index is 0.00519. The molecule has 0 bridgehead atoms. The number of allylic oxidation sites excluding steroid dienone is 1. The summed E-state index contributed by atoms with van der Waals surface area (Å²) in [5, 5.41) is 12.8. The monoisotopic (exact) mass is 921 g/mol. The second-order valence-corrected chi connectivity index (χ2v) is 23.2. The van der Waals surface area contributed by atoms with E-state index in [-0.39, 0.29) is 40.7 Å². The number of imide groups is 1. The molecule has 0 spiro atoms. The van der Waals surface area contributed by atoms with Crippen LogP contribution < -0.4 is 15.1 Å². The van der Waals surface area contributed by atoms with Crippen LogP contribution in [-0.4, -0.2) is 62.6 Å². The van der Waals surface area contributed by atoms with Crippen LogP contribution in [-0.2, 0) is 18.8 Å². The number of aromatic hydroxyl groups is 1. The largest absolute Gasteiger partial charge is 0.504 e. The summed E-state index contributed by atoms with van der Waals surface area (Å²) >= 11 is 2.14. The normalized spacial score (nSPS) is 22.8. The molecule has 1 saturated carbocycles. The summed E-state index contributed by atoms with van der Waals surface area (Å²) in [6, 6.07) is 35.6. The molecule has 2 heterocycles. The lowest BCUT2D eigenvalue weighted by Crippen LogP contribution is -2.66. The Morgan fingerprint density at radius 3 is 2.12 bits per heavy atom. The SMILES string of the molecule is COc1cc(/C=C(/CC[C@H]2OC[C@H]3C2=C(CO[Si](c2ccccc2)(c2ccccc2)C(C)(C)C)C[C@H]2C(=O)N(C4CCCCC4)C(=O)[C@H]23)c2ccccc2)cc(I)c1O. The number of ether oxygens (including phenoxy) is 2. The number of fused-ring (bicyclic) bond motifs is 3. The van der Waals surface area contributed by atoms with Gasteiger partial charge < -0.3 is 19.0 Å². The smallest absolute Gasteiger partial charge is 0.261 e. The first-order valence-corrected chi connectivity index (χ1v) is 24.3. The number of phenols is 1. The topological polar surface area (TPSA) is 85.3 Å². The first-order chi connectivity index (χ1) is 28.5. The molecule has 1 N–H and O–H groups in total. The first-order valence-electron chi connectivity index (χ1n) is 21.3. The minimum atomic E-state index is -2.92. The van der Waals surface area contributed by atoms with Crippen molar-refractivity contribution in [2.75, 3.05) is 20.3 Å². The zero-order chi connectivity index (χ0) is 41.3. The van der Waals surface area contributed by atoms with Crippen LogP contribution in [0.15, 0.2) is 114 Å². The van der Waals surface area contributed by atoms with Gasteiger partial charge in [0, 0.05) is 12.0 Å². The zero-order valence-corrected chi connectivity index (χ0v) is 37.8. The van der Waals surface area contributed by atoms with Crippen molar-refractivity contribution in [1.29, 1.82) is 0 Å². The van der Waals surface area contributed by atoms with Crippen LogP contribution in [0, 0.1) is 21.3 Å². The average molecular weight is 922 g/mol. The molecule has 3 fully saturated rings. The van der Waals surface area contributed by atoms with Crippen LogP contribution in [0.2, 0.25) is 5.04 Å². The number of rotatable bonds is 12. The summed E-state index contributed by atoms with van der Waals surface area (Å²) in [7, 11) is -1.35. The Bertz CT molecular complexity index is 2170. The number of phenolic OH excluding ortho intramolecular Hbond substituents is 1. The van der Waals surface area contributed by atoms with Crippen molar-refractivity contribution in [3.8, 4) is 11.5 Å². The molecule has 4 aromatic carbocycles. The van der Waals surface area contributed by atoms with Gasteiger partial charge in [0.15, 0.2) is 11.5 Å². The molecule has 2 aliphatic heterocycles. The molecule has 9 heteroatoms. The molecule has 0 aromatic heterocycles. The van der Waals surface area contributed by atoms with Gasteiger partial charge in [-0.1, -0.05) is 137 Å². The van der Waals surface area contributed by atoms with Crippen LogP contribution in [0.3, 0.4) is 0 Å². The van der Waals surface area contributed by atoms with Gasteiger partial charge in [-0.3, -0.25) is 14.5 Å². The molecule has 59 heavy (non-hydrogen) atoms. The molecule has 4 aromatic rings. The van der Waals surface area contributed by atoms with Crippen LogP contribution in [0.4, 0.5) is 0 Å². The molecule has 2 saturated heterocycles. The Hall–Kier alpha value is -4.03. The van der Waals surface area contributed by atoms with Gasteiger partial charge in [0.1, 0.15) is 0 Å². The summed E-state index contributed by atoms with van der Waals surface area (Å²) in [6.07, 6.45) is 8.92. The summed E-state index contributed by atoms with van der Waals surface area (Å²) in [4.78, 5) is 30.7. The molecule has 0 unspecified atom stereocenters. The maximum Gasteiger partial charge on any atom is 0.261 e. The molecule has 2 aliphatic carbocycles. The molecule has 4 aliphatic rings. The van der Waals surface area contributed by atoms with Gasteiger partial charge in [-0.05, 0) is 110 Å². The molecule has 7 nitrogen and oxygen atoms in total. The lowest BCUT2D eigenvalue weighted by Gasteiger charge is -2.44. The minimum Gasteiger partial charge on any atom is -0.504 e. The summed E-state index contributed by atoms with van der Waals surface area (Å²) in [5.41, 5.74) is 5.48. The van der Waals surface area contributed by atoms with Gasteiger partial charge in [-0.15, -0.1) is 0 Å². The van der Waals surface area contributed by atoms with Crippen molar-refractivity contribution in [3.63, 3.8) is 0 Å². The molecule has 308 valence electrons. The molecular weight excluding hydrogens is 866 g/mol. The molecule has 0 radical (unpaired) electrons. The number of methoxy groups -OCH3 is 1. The Balaban J connectivity index is 1.18. The number of nitrogens with zero attached hydrogens (tertiary/aromatic N) is 1. The van der Waals surface area contributed by atoms with Gasteiger partial charge in [0.25, 0.3) is 8.32 Å². The third-order valence-electron chi connectivity index (χ3n) is 13.3. The highest BCUT2D eigenvalue weighted by Crippen LogP contribution is 2.51. The van der Waals surface area contributed by atoms with Gasteiger partial charge in [0.05, 0.1) is 41.8 Å². The zero-order valence-electron chi connectivity index (χ0n) is 34.7. The van der Waals surface area contributed by atoms with Crippen LogP contribution in [0.5, 0.6) is 11.5 Å². The van der Waals surface area contributed by atoms with E-state index in [1.807, 2.05) is 18.2 Å². The number of likely N-dealkylation sites (tertiary alicyclic amines) is 1. The summed E-state index contributed by atoms with van der Waals surface area (Å²) < 4.78 is 20.6. The number of hydrogen-bond donors (Lipinski definition) is 1. The number of carbonyl (C=O) groups excluding carboxylic acids is 2. The van der Waals surface area contributed by atoms with Crippen LogP contribution in [0.1, 0.15) is 83.3 Å². The lowest BCUT2D eigenvalue weighted by molar-refractivity contribution is -0.143. The van der Waals surface area contributed by atoms with Crippen molar-refractivity contribution < 1.29 is 28.6 Å². The van der Waals surface area contributed by atoms with E-state index in [2.05, 4.69) is 134 Å². The molecular formula is C50H56INO6Si. The van der Waals surface area contributed by atoms with Gasteiger partial charge in [-0.25, -0.2) is 0 Å². The Kier molecular flexibility index (Phi) is 12.4. The molecule has 2 amide bonds. The van der Waals surface area contributed by atoms with E-state index >= 15 is 0 Å². The highest BCUT2D eigenvalue weighted by molar-refractivity contribution is 14.1. The van der Waals surface area contributed by atoms with E-state index in [0.29, 0.717) is 41.8 Å². The maximum atomic E-state index is 14.5. The van der Waals surface area contributed by atoms with E-state index in [1.54, 1.807) is 12.0 Å². The number of hydrogen-bond acceptors (Lipinski definition) is 6. The highest BCUT2D eigenvalue weighted by atomic mass is 127. The fourth-order valence-corrected chi connectivity index (χ4v) is 15.7.